The molecule has 29 heavy (non-hydrogen) atoms. The van der Waals surface area contributed by atoms with Crippen LogP contribution in [0.1, 0.15) is 61.8 Å². The molecule has 1 heterocycles. The number of ketones is 2. The van der Waals surface area contributed by atoms with Crippen LogP contribution in [0.15, 0.2) is 59.7 Å². The van der Waals surface area contributed by atoms with Crippen LogP contribution >= 0.6 is 0 Å². The highest BCUT2D eigenvalue weighted by atomic mass is 16.1. The lowest BCUT2D eigenvalue weighted by molar-refractivity contribution is 0.0866. The largest absolute Gasteiger partial charge is 0.341 e. The van der Waals surface area contributed by atoms with E-state index in [4.69, 9.17) is 0 Å². The molecule has 0 spiro atoms. The summed E-state index contributed by atoms with van der Waals surface area (Å²) < 4.78 is 2.24. The minimum absolute atomic E-state index is 0.0501. The third kappa shape index (κ3) is 3.15. The van der Waals surface area contributed by atoms with Crippen molar-refractivity contribution < 1.29 is 9.59 Å². The SMILES string of the molecule is CCn1c2ccc(C(C)=O)cc2c2cc(C(=O)C3(C)C=C(C)C=C(C)C3)ccc21. The lowest BCUT2D eigenvalue weighted by atomic mass is 9.73. The van der Waals surface area contributed by atoms with Crippen LogP contribution in [0, 0.1) is 5.41 Å². The molecule has 0 aliphatic heterocycles. The molecule has 1 aliphatic carbocycles. The topological polar surface area (TPSA) is 39.1 Å². The maximum Gasteiger partial charge on any atom is 0.172 e. The molecule has 1 unspecified atom stereocenters. The van der Waals surface area contributed by atoms with Gasteiger partial charge in [-0.1, -0.05) is 23.3 Å². The molecule has 0 saturated carbocycles. The van der Waals surface area contributed by atoms with Crippen LogP contribution < -0.4 is 0 Å². The van der Waals surface area contributed by atoms with Crippen LogP contribution in [0.2, 0.25) is 0 Å². The first-order valence-corrected chi connectivity index (χ1v) is 10.2. The van der Waals surface area contributed by atoms with E-state index in [2.05, 4.69) is 37.5 Å². The molecule has 0 radical (unpaired) electrons. The van der Waals surface area contributed by atoms with E-state index in [9.17, 15) is 9.59 Å². The minimum Gasteiger partial charge on any atom is -0.341 e. The van der Waals surface area contributed by atoms with Crippen molar-refractivity contribution in [2.75, 3.05) is 0 Å². The van der Waals surface area contributed by atoms with Crippen LogP contribution in [0.25, 0.3) is 21.8 Å². The number of aromatic nitrogens is 1. The van der Waals surface area contributed by atoms with Gasteiger partial charge in [-0.2, -0.15) is 0 Å². The Kier molecular flexibility index (Phi) is 4.57. The normalized spacial score (nSPS) is 19.3. The Morgan fingerprint density at radius 2 is 1.59 bits per heavy atom. The smallest absolute Gasteiger partial charge is 0.172 e. The average molecular weight is 386 g/mol. The van der Waals surface area contributed by atoms with Gasteiger partial charge in [-0.05, 0) is 77.4 Å². The number of benzene rings is 2. The number of allylic oxidation sites excluding steroid dienone is 4. The zero-order valence-corrected chi connectivity index (χ0v) is 17.8. The van der Waals surface area contributed by atoms with E-state index in [1.54, 1.807) is 6.92 Å². The van der Waals surface area contributed by atoms with E-state index < -0.39 is 5.41 Å². The Hall–Kier alpha value is -2.94. The summed E-state index contributed by atoms with van der Waals surface area (Å²) in [5.41, 5.74) is 5.46. The lowest BCUT2D eigenvalue weighted by Crippen LogP contribution is -2.28. The Morgan fingerprint density at radius 3 is 2.14 bits per heavy atom. The lowest BCUT2D eigenvalue weighted by Gasteiger charge is -2.29. The fourth-order valence-electron chi connectivity index (χ4n) is 4.89. The van der Waals surface area contributed by atoms with Gasteiger partial charge in [0.25, 0.3) is 0 Å². The Labute approximate surface area is 171 Å². The summed E-state index contributed by atoms with van der Waals surface area (Å²) in [6, 6.07) is 11.9. The van der Waals surface area contributed by atoms with Crippen LogP contribution in [-0.2, 0) is 6.54 Å². The first kappa shape index (κ1) is 19.4. The van der Waals surface area contributed by atoms with E-state index in [1.807, 2.05) is 43.3 Å². The van der Waals surface area contributed by atoms with Crippen molar-refractivity contribution in [3.63, 3.8) is 0 Å². The Balaban J connectivity index is 1.90. The molecule has 3 heteroatoms. The third-order valence-corrected chi connectivity index (χ3v) is 6.03. The van der Waals surface area contributed by atoms with Gasteiger partial charge >= 0.3 is 0 Å². The maximum atomic E-state index is 13.5. The van der Waals surface area contributed by atoms with Crippen molar-refractivity contribution in [3.05, 3.63) is 70.8 Å². The van der Waals surface area contributed by atoms with Crippen molar-refractivity contribution in [2.45, 2.75) is 47.6 Å². The fraction of sp³-hybridized carbons (Fsp3) is 0.308. The number of Topliss-reactive ketones (excluding diaryl/α,β-unsaturated/α-hetero) is 2. The van der Waals surface area contributed by atoms with Crippen molar-refractivity contribution in [1.82, 2.24) is 4.57 Å². The van der Waals surface area contributed by atoms with E-state index in [0.717, 1.165) is 45.9 Å². The van der Waals surface area contributed by atoms with Crippen LogP contribution in [0.3, 0.4) is 0 Å². The van der Waals surface area contributed by atoms with Gasteiger partial charge in [-0.25, -0.2) is 0 Å². The molecule has 148 valence electrons. The standard InChI is InChI=1S/C26H27NO2/c1-6-27-23-9-7-19(18(4)28)12-21(23)22-13-20(8-10-24(22)27)25(29)26(5)14-16(2)11-17(3)15-26/h7-14H,6,15H2,1-5H3. The molecule has 0 amide bonds. The maximum absolute atomic E-state index is 13.5. The van der Waals surface area contributed by atoms with Crippen molar-refractivity contribution >= 4 is 33.4 Å². The number of fused-ring (bicyclic) bond motifs is 3. The number of hydrogen-bond acceptors (Lipinski definition) is 2. The second-order valence-corrected chi connectivity index (χ2v) is 8.57. The molecule has 0 saturated heterocycles. The Morgan fingerprint density at radius 1 is 1.00 bits per heavy atom. The second-order valence-electron chi connectivity index (χ2n) is 8.57. The van der Waals surface area contributed by atoms with Gasteiger partial charge < -0.3 is 4.57 Å². The van der Waals surface area contributed by atoms with Gasteiger partial charge in [0.1, 0.15) is 0 Å². The predicted octanol–water partition coefficient (Wildman–Crippen LogP) is 6.50. The van der Waals surface area contributed by atoms with Gasteiger partial charge in [0.05, 0.1) is 5.41 Å². The number of hydrogen-bond donors (Lipinski definition) is 0. The third-order valence-electron chi connectivity index (χ3n) is 6.03. The summed E-state index contributed by atoms with van der Waals surface area (Å²) in [6.07, 6.45) is 4.98. The van der Waals surface area contributed by atoms with E-state index >= 15 is 0 Å². The van der Waals surface area contributed by atoms with Gasteiger partial charge in [0.2, 0.25) is 0 Å². The van der Waals surface area contributed by atoms with Crippen molar-refractivity contribution in [2.24, 2.45) is 5.41 Å². The molecule has 0 fully saturated rings. The summed E-state index contributed by atoms with van der Waals surface area (Å²) in [4.78, 5) is 25.4. The van der Waals surface area contributed by atoms with Gasteiger partial charge in [-0.15, -0.1) is 0 Å². The molecule has 0 N–H and O–H groups in total. The summed E-state index contributed by atoms with van der Waals surface area (Å²) in [6.45, 7) is 10.7. The molecule has 0 bridgehead atoms. The molecule has 4 rings (SSSR count). The number of rotatable bonds is 4. The number of carbonyl (C=O) groups excluding carboxylic acids is 2. The highest BCUT2D eigenvalue weighted by Crippen LogP contribution is 2.38. The predicted molar refractivity (Wildman–Crippen MR) is 120 cm³/mol. The first-order chi connectivity index (χ1) is 13.7. The monoisotopic (exact) mass is 385 g/mol. The van der Waals surface area contributed by atoms with Crippen LogP contribution in [-0.4, -0.2) is 16.1 Å². The van der Waals surface area contributed by atoms with Gasteiger partial charge in [0.15, 0.2) is 11.6 Å². The molecule has 2 aromatic carbocycles. The summed E-state index contributed by atoms with van der Waals surface area (Å²) in [5.74, 6) is 0.195. The highest BCUT2D eigenvalue weighted by molar-refractivity contribution is 6.13. The molecule has 3 aromatic rings. The second kappa shape index (κ2) is 6.84. The molecule has 1 aromatic heterocycles. The zero-order valence-electron chi connectivity index (χ0n) is 17.8. The number of aryl methyl sites for hydroxylation is 1. The summed E-state index contributed by atoms with van der Waals surface area (Å²) >= 11 is 0. The zero-order chi connectivity index (χ0) is 20.9. The summed E-state index contributed by atoms with van der Waals surface area (Å²) in [7, 11) is 0. The minimum atomic E-state index is -0.524. The molecule has 1 atom stereocenters. The fourth-order valence-corrected chi connectivity index (χ4v) is 4.89. The molecular weight excluding hydrogens is 358 g/mol. The quantitative estimate of drug-likeness (QED) is 0.481. The van der Waals surface area contributed by atoms with E-state index in [-0.39, 0.29) is 11.6 Å². The first-order valence-electron chi connectivity index (χ1n) is 10.2. The van der Waals surface area contributed by atoms with E-state index in [1.165, 1.54) is 5.57 Å². The Bertz CT molecular complexity index is 1240. The summed E-state index contributed by atoms with van der Waals surface area (Å²) in [5, 5.41) is 2.06. The van der Waals surface area contributed by atoms with Crippen molar-refractivity contribution in [1.29, 1.82) is 0 Å². The molecule has 1 aliphatic rings. The number of carbonyl (C=O) groups is 2. The van der Waals surface area contributed by atoms with Crippen LogP contribution in [0.5, 0.6) is 0 Å². The van der Waals surface area contributed by atoms with E-state index in [0.29, 0.717) is 5.56 Å². The number of nitrogens with zero attached hydrogens (tertiary/aromatic N) is 1. The highest BCUT2D eigenvalue weighted by Gasteiger charge is 2.34. The van der Waals surface area contributed by atoms with Crippen molar-refractivity contribution in [3.8, 4) is 0 Å². The molecule has 3 nitrogen and oxygen atoms in total. The van der Waals surface area contributed by atoms with Crippen LogP contribution in [0.4, 0.5) is 0 Å². The van der Waals surface area contributed by atoms with Gasteiger partial charge in [0, 0.05) is 39.5 Å². The van der Waals surface area contributed by atoms with Gasteiger partial charge in [-0.3, -0.25) is 9.59 Å². The molecular formula is C26H27NO2. The average Bonchev–Trinajstić information content (AvgIpc) is 2.98.